The van der Waals surface area contributed by atoms with Crippen LogP contribution in [0.1, 0.15) is 72.1 Å². The molecule has 1 amide bonds. The van der Waals surface area contributed by atoms with Gasteiger partial charge in [-0.1, -0.05) is 12.8 Å². The van der Waals surface area contributed by atoms with Crippen LogP contribution in [0.25, 0.3) is 11.2 Å². The number of aliphatic hydroxyl groups excluding tert-OH is 1. The van der Waals surface area contributed by atoms with Crippen LogP contribution < -0.4 is 10.5 Å². The van der Waals surface area contributed by atoms with Gasteiger partial charge in [0.05, 0.1) is 11.1 Å². The summed E-state index contributed by atoms with van der Waals surface area (Å²) in [6.07, 6.45) is 2.02. The molecule has 2 aromatic heterocycles. The number of nitrogens with one attached hydrogen (secondary N) is 1. The number of nitrogens with two attached hydrogens (primary N) is 1. The van der Waals surface area contributed by atoms with Crippen molar-refractivity contribution in [2.24, 2.45) is 0 Å². The van der Waals surface area contributed by atoms with Gasteiger partial charge in [-0.3, -0.25) is 4.79 Å². The number of aromatic amines is 1. The minimum Gasteiger partial charge on any atom is -0.563 e. The molecule has 0 atom stereocenters. The van der Waals surface area contributed by atoms with Crippen LogP contribution in [0.3, 0.4) is 0 Å². The van der Waals surface area contributed by atoms with Crippen LogP contribution in [0.15, 0.2) is 30.5 Å². The van der Waals surface area contributed by atoms with Crippen LogP contribution in [-0.2, 0) is 0 Å². The van der Waals surface area contributed by atoms with Gasteiger partial charge in [0, 0.05) is 68.1 Å². The molecule has 1 aliphatic carbocycles. The van der Waals surface area contributed by atoms with E-state index in [0.29, 0.717) is 37.7 Å². The van der Waals surface area contributed by atoms with E-state index in [2.05, 4.69) is 14.7 Å². The van der Waals surface area contributed by atoms with Crippen LogP contribution in [0.4, 0.5) is 18.9 Å². The smallest absolute Gasteiger partial charge is 0.563 e. The average Bonchev–Trinajstić information content (AvgIpc) is 3.28. The minimum atomic E-state index is -4.83. The number of H-pyrrole nitrogens is 1. The summed E-state index contributed by atoms with van der Waals surface area (Å²) in [4.78, 5) is 27.3. The van der Waals surface area contributed by atoms with Crippen LogP contribution in [0, 0.1) is 37.2 Å². The molecule has 0 bridgehead atoms. The SMILES string of the molecule is Nc1cc(OC(F)(F)F)ccc1C(=O)N1CCC(c2ccnc3nc(C4CC[C-](O)CC4)[nH]c23)CC1.[U]. The number of anilines is 1. The maximum Gasteiger partial charge on any atom is 0.573 e. The summed E-state index contributed by atoms with van der Waals surface area (Å²) in [5.74, 6) is 0.598. The third kappa shape index (κ3) is 6.24. The van der Waals surface area contributed by atoms with E-state index in [4.69, 9.17) is 10.7 Å². The number of imidazole rings is 1. The number of ether oxygens (including phenoxy) is 1. The molecule has 196 valence electrons. The van der Waals surface area contributed by atoms with E-state index in [0.717, 1.165) is 54.7 Å². The molecular weight excluding hydrogens is 713 g/mol. The number of benzene rings is 1. The zero-order valence-corrected chi connectivity index (χ0v) is 24.2. The molecule has 1 saturated carbocycles. The number of rotatable bonds is 4. The third-order valence-electron chi connectivity index (χ3n) is 7.10. The van der Waals surface area contributed by atoms with Gasteiger partial charge in [-0.2, -0.15) is 12.8 Å². The number of carbonyl (C=O) groups is 1. The van der Waals surface area contributed by atoms with Crippen molar-refractivity contribution in [2.45, 2.75) is 56.7 Å². The van der Waals surface area contributed by atoms with Gasteiger partial charge in [0.15, 0.2) is 5.65 Å². The number of pyridine rings is 1. The van der Waals surface area contributed by atoms with Gasteiger partial charge in [0.2, 0.25) is 0 Å². The maximum absolute atomic E-state index is 13.0. The Morgan fingerprint density at radius 2 is 1.84 bits per heavy atom. The molecule has 3 aromatic rings. The number of alkyl halides is 3. The summed E-state index contributed by atoms with van der Waals surface area (Å²) in [6.45, 7) is 0.985. The molecule has 5 rings (SSSR count). The van der Waals surface area contributed by atoms with E-state index >= 15 is 0 Å². The number of nitrogens with zero attached hydrogens (tertiary/aromatic N) is 3. The predicted molar refractivity (Wildman–Crippen MR) is 126 cm³/mol. The summed E-state index contributed by atoms with van der Waals surface area (Å²) in [6, 6.07) is 5.37. The fraction of sp³-hybridized carbons (Fsp3) is 0.440. The molecule has 2 fully saturated rings. The monoisotopic (exact) mass is 740 g/mol. The molecule has 1 aliphatic heterocycles. The summed E-state index contributed by atoms with van der Waals surface area (Å²) in [5.41, 5.74) is 8.68. The number of nitrogen functional groups attached to an aromatic ring is 1. The first-order chi connectivity index (χ1) is 17.2. The third-order valence-corrected chi connectivity index (χ3v) is 7.10. The Bertz CT molecular complexity index is 1250. The number of aliphatic hydroxyl groups is 1. The Labute approximate surface area is 235 Å². The Morgan fingerprint density at radius 1 is 1.14 bits per heavy atom. The Morgan fingerprint density at radius 3 is 2.49 bits per heavy atom. The van der Waals surface area contributed by atoms with Crippen LogP contribution in [0.5, 0.6) is 5.75 Å². The second-order valence-electron chi connectivity index (χ2n) is 9.42. The Balaban J connectivity index is 0.00000320. The van der Waals surface area contributed by atoms with Gasteiger partial charge in [-0.25, -0.2) is 16.1 Å². The molecule has 0 spiro atoms. The van der Waals surface area contributed by atoms with Gasteiger partial charge >= 0.3 is 6.36 Å². The minimum absolute atomic E-state index is 0. The predicted octanol–water partition coefficient (Wildman–Crippen LogP) is 5.02. The summed E-state index contributed by atoms with van der Waals surface area (Å²) < 4.78 is 41.2. The van der Waals surface area contributed by atoms with Crippen molar-refractivity contribution in [3.63, 3.8) is 0 Å². The molecule has 8 nitrogen and oxygen atoms in total. The number of aromatic nitrogens is 3. The fourth-order valence-electron chi connectivity index (χ4n) is 5.20. The van der Waals surface area contributed by atoms with Crippen molar-refractivity contribution in [1.29, 1.82) is 0 Å². The van der Waals surface area contributed by atoms with Crippen LogP contribution >= 0.6 is 0 Å². The van der Waals surface area contributed by atoms with E-state index in [1.165, 1.54) is 6.07 Å². The number of hydrogen-bond acceptors (Lipinski definition) is 6. The second-order valence-corrected chi connectivity index (χ2v) is 9.42. The van der Waals surface area contributed by atoms with E-state index in [-0.39, 0.29) is 60.1 Å². The molecule has 1 aromatic carbocycles. The zero-order chi connectivity index (χ0) is 25.4. The zero-order valence-electron chi connectivity index (χ0n) is 20.0. The Hall–Kier alpha value is -2.29. The summed E-state index contributed by atoms with van der Waals surface area (Å²) >= 11 is 0. The standard InChI is InChI=1S/C25H27F3N5O3.U/c26-25(27,28)36-17-5-6-19(20(29)13-17)24(35)33-11-8-14(9-12-33)18-7-10-30-23-21(18)31-22(32-23)15-1-3-16(34)4-2-15;/h5-7,10,13-15,34H,1-4,8-9,11-12,29H2,(H,30,31,32);/q-1;. The normalized spacial score (nSPS) is 18.1. The van der Waals surface area contributed by atoms with Crippen molar-refractivity contribution in [3.05, 3.63) is 53.5 Å². The number of carbonyl (C=O) groups excluding carboxylic acids is 1. The number of amides is 1. The quantitative estimate of drug-likeness (QED) is 0.256. The van der Waals surface area contributed by atoms with E-state index in [1.807, 2.05) is 6.07 Å². The Kier molecular flexibility index (Phi) is 8.41. The van der Waals surface area contributed by atoms with Crippen molar-refractivity contribution < 1.29 is 58.9 Å². The first kappa shape index (κ1) is 27.7. The van der Waals surface area contributed by atoms with E-state index in [1.54, 1.807) is 11.1 Å². The fourth-order valence-corrected chi connectivity index (χ4v) is 5.20. The molecule has 4 N–H and O–H groups in total. The summed E-state index contributed by atoms with van der Waals surface area (Å²) in [5, 5.41) is 9.72. The van der Waals surface area contributed by atoms with Gasteiger partial charge in [-0.05, 0) is 42.5 Å². The number of halogens is 3. The van der Waals surface area contributed by atoms with Gasteiger partial charge < -0.3 is 25.5 Å². The van der Waals surface area contributed by atoms with Gasteiger partial charge in [-0.15, -0.1) is 13.2 Å². The van der Waals surface area contributed by atoms with Gasteiger partial charge in [0.1, 0.15) is 11.6 Å². The first-order valence-electron chi connectivity index (χ1n) is 12.0. The summed E-state index contributed by atoms with van der Waals surface area (Å²) in [7, 11) is 0. The maximum atomic E-state index is 13.0. The molecular formula is C25H27F3N5O3U-. The second kappa shape index (κ2) is 11.2. The van der Waals surface area contributed by atoms with Gasteiger partial charge in [0.25, 0.3) is 5.91 Å². The molecule has 1 saturated heterocycles. The number of likely N-dealkylation sites (tertiary alicyclic amines) is 1. The largest absolute Gasteiger partial charge is 0.573 e. The molecule has 0 radical (unpaired) electrons. The molecule has 2 aliphatic rings. The topological polar surface area (TPSA) is 117 Å². The molecule has 12 heteroatoms. The number of piperidine rings is 1. The van der Waals surface area contributed by atoms with Crippen molar-refractivity contribution >= 4 is 22.8 Å². The van der Waals surface area contributed by atoms with Crippen molar-refractivity contribution in [2.75, 3.05) is 18.8 Å². The average molecular weight is 741 g/mol. The van der Waals surface area contributed by atoms with Crippen molar-refractivity contribution in [3.8, 4) is 5.75 Å². The molecule has 0 unspecified atom stereocenters. The van der Waals surface area contributed by atoms with Crippen LogP contribution in [0.2, 0.25) is 0 Å². The first-order valence-corrected chi connectivity index (χ1v) is 12.0. The van der Waals surface area contributed by atoms with Crippen LogP contribution in [-0.4, -0.2) is 50.3 Å². The molecule has 3 heterocycles. The van der Waals surface area contributed by atoms with E-state index < -0.39 is 12.1 Å². The van der Waals surface area contributed by atoms with E-state index in [9.17, 15) is 23.1 Å². The number of fused-ring (bicyclic) bond motifs is 1. The number of hydrogen-bond donors (Lipinski definition) is 3. The molecule has 37 heavy (non-hydrogen) atoms. The van der Waals surface area contributed by atoms with Crippen molar-refractivity contribution in [1.82, 2.24) is 19.9 Å².